The van der Waals surface area contributed by atoms with Crippen LogP contribution in [0.1, 0.15) is 45.6 Å². The number of carboxylic acid groups (broad SMARTS) is 1. The van der Waals surface area contributed by atoms with Crippen molar-refractivity contribution in [3.63, 3.8) is 0 Å². The van der Waals surface area contributed by atoms with Gasteiger partial charge in [0.1, 0.15) is 17.5 Å². The summed E-state index contributed by atoms with van der Waals surface area (Å²) >= 11 is 0. The van der Waals surface area contributed by atoms with Gasteiger partial charge in [-0.25, -0.2) is 9.18 Å². The third kappa shape index (κ3) is 9.66. The van der Waals surface area contributed by atoms with Crippen molar-refractivity contribution in [3.05, 3.63) is 35.6 Å². The first kappa shape index (κ1) is 20.9. The maximum Gasteiger partial charge on any atom is 0.407 e. The number of halogens is 1. The summed E-state index contributed by atoms with van der Waals surface area (Å²) in [6, 6.07) is 5.23. The highest BCUT2D eigenvalue weighted by Gasteiger charge is 2.17. The lowest BCUT2D eigenvalue weighted by molar-refractivity contribution is -0.139. The molecule has 1 aromatic rings. The Balaban J connectivity index is 2.26. The average Bonchev–Trinajstić information content (AvgIpc) is 2.49. The van der Waals surface area contributed by atoms with Gasteiger partial charge < -0.3 is 20.5 Å². The minimum Gasteiger partial charge on any atom is -0.480 e. The number of hydrogen-bond acceptors (Lipinski definition) is 4. The van der Waals surface area contributed by atoms with Crippen molar-refractivity contribution in [1.29, 1.82) is 0 Å². The van der Waals surface area contributed by atoms with E-state index in [0.29, 0.717) is 32.4 Å². The first-order chi connectivity index (χ1) is 11.7. The van der Waals surface area contributed by atoms with E-state index in [0.717, 1.165) is 5.56 Å². The van der Waals surface area contributed by atoms with Gasteiger partial charge in [0, 0.05) is 13.1 Å². The highest BCUT2D eigenvalue weighted by Crippen LogP contribution is 2.07. The van der Waals surface area contributed by atoms with Crippen molar-refractivity contribution in [3.8, 4) is 0 Å². The Hall–Kier alpha value is -2.15. The van der Waals surface area contributed by atoms with E-state index in [2.05, 4.69) is 10.6 Å². The molecule has 0 aromatic heterocycles. The molecule has 0 aliphatic heterocycles. The number of amides is 1. The Kier molecular flexibility index (Phi) is 8.34. The zero-order valence-electron chi connectivity index (χ0n) is 15.0. The highest BCUT2D eigenvalue weighted by molar-refractivity contribution is 5.73. The number of carbonyl (C=O) groups is 2. The van der Waals surface area contributed by atoms with E-state index in [-0.39, 0.29) is 5.82 Å². The lowest BCUT2D eigenvalue weighted by atomic mass is 10.1. The molecule has 25 heavy (non-hydrogen) atoms. The van der Waals surface area contributed by atoms with Gasteiger partial charge in [0.25, 0.3) is 0 Å². The molecule has 0 bridgehead atoms. The Labute approximate surface area is 147 Å². The molecular formula is C18H27FN2O4. The first-order valence-electron chi connectivity index (χ1n) is 8.35. The molecule has 0 heterocycles. The van der Waals surface area contributed by atoms with Crippen LogP contribution in [0.2, 0.25) is 0 Å². The zero-order valence-corrected chi connectivity index (χ0v) is 15.0. The zero-order chi connectivity index (χ0) is 18.9. The molecule has 1 amide bonds. The number of carbonyl (C=O) groups excluding carboxylic acids is 1. The van der Waals surface area contributed by atoms with Crippen LogP contribution in [0.5, 0.6) is 0 Å². The predicted molar refractivity (Wildman–Crippen MR) is 92.8 cm³/mol. The van der Waals surface area contributed by atoms with Gasteiger partial charge in [0.2, 0.25) is 0 Å². The second-order valence-electron chi connectivity index (χ2n) is 6.82. The maximum absolute atomic E-state index is 12.8. The minimum atomic E-state index is -0.929. The number of hydrogen-bond donors (Lipinski definition) is 3. The summed E-state index contributed by atoms with van der Waals surface area (Å²) in [5.41, 5.74) is 0.280. The second-order valence-corrected chi connectivity index (χ2v) is 6.82. The molecule has 0 fully saturated rings. The van der Waals surface area contributed by atoms with Gasteiger partial charge in [-0.05, 0) is 57.7 Å². The largest absolute Gasteiger partial charge is 0.480 e. The van der Waals surface area contributed by atoms with Crippen molar-refractivity contribution in [2.45, 2.75) is 58.2 Å². The molecule has 1 atom stereocenters. The quantitative estimate of drug-likeness (QED) is 0.593. The van der Waals surface area contributed by atoms with Crippen LogP contribution in [-0.2, 0) is 16.1 Å². The second kappa shape index (κ2) is 9.98. The number of alkyl carbamates (subject to hydrolysis) is 1. The van der Waals surface area contributed by atoms with Gasteiger partial charge in [0.05, 0.1) is 0 Å². The fourth-order valence-corrected chi connectivity index (χ4v) is 2.13. The Morgan fingerprint density at radius 2 is 1.84 bits per heavy atom. The number of ether oxygens (including phenoxy) is 1. The predicted octanol–water partition coefficient (Wildman–Crippen LogP) is 3.06. The van der Waals surface area contributed by atoms with Gasteiger partial charge in [-0.3, -0.25) is 4.79 Å². The van der Waals surface area contributed by atoms with Crippen LogP contribution in [0.15, 0.2) is 24.3 Å². The molecule has 0 saturated heterocycles. The van der Waals surface area contributed by atoms with Gasteiger partial charge >= 0.3 is 12.1 Å². The molecule has 1 aromatic carbocycles. The third-order valence-electron chi connectivity index (χ3n) is 3.35. The minimum absolute atomic E-state index is 0.323. The van der Waals surface area contributed by atoms with E-state index >= 15 is 0 Å². The molecule has 6 nitrogen and oxygen atoms in total. The van der Waals surface area contributed by atoms with Crippen LogP contribution in [0.4, 0.5) is 9.18 Å². The number of carboxylic acids is 1. The molecule has 7 heteroatoms. The molecule has 0 spiro atoms. The fourth-order valence-electron chi connectivity index (χ4n) is 2.13. The molecule has 0 saturated carbocycles. The number of aliphatic carboxylic acids is 1. The molecule has 0 aliphatic carbocycles. The van der Waals surface area contributed by atoms with E-state index in [4.69, 9.17) is 4.74 Å². The fraction of sp³-hybridized carbons (Fsp3) is 0.556. The molecule has 1 rings (SSSR count). The van der Waals surface area contributed by atoms with E-state index < -0.39 is 23.7 Å². The summed E-state index contributed by atoms with van der Waals surface area (Å²) in [5.74, 6) is -1.25. The Morgan fingerprint density at radius 1 is 1.20 bits per heavy atom. The van der Waals surface area contributed by atoms with Gasteiger partial charge in [-0.15, -0.1) is 0 Å². The summed E-state index contributed by atoms with van der Waals surface area (Å²) in [6.07, 6.45) is 1.26. The van der Waals surface area contributed by atoms with Crippen LogP contribution in [0.3, 0.4) is 0 Å². The van der Waals surface area contributed by atoms with Gasteiger partial charge in [0.15, 0.2) is 0 Å². The monoisotopic (exact) mass is 354 g/mol. The average molecular weight is 354 g/mol. The van der Waals surface area contributed by atoms with Crippen molar-refractivity contribution in [2.24, 2.45) is 0 Å². The normalized spacial score (nSPS) is 12.5. The van der Waals surface area contributed by atoms with E-state index in [1.807, 2.05) is 0 Å². The summed E-state index contributed by atoms with van der Waals surface area (Å²) in [5, 5.41) is 14.8. The summed E-state index contributed by atoms with van der Waals surface area (Å²) in [7, 11) is 0. The van der Waals surface area contributed by atoms with Gasteiger partial charge in [-0.1, -0.05) is 12.1 Å². The highest BCUT2D eigenvalue weighted by atomic mass is 19.1. The number of nitrogens with one attached hydrogen (secondary N) is 2. The van der Waals surface area contributed by atoms with Crippen LogP contribution in [0, 0.1) is 5.82 Å². The van der Waals surface area contributed by atoms with Crippen LogP contribution >= 0.6 is 0 Å². The smallest absolute Gasteiger partial charge is 0.407 e. The standard InChI is InChI=1S/C18H27FN2O4/c1-18(2,3)25-17(24)20-11-5-4-6-15(16(22)23)21-12-13-7-9-14(19)10-8-13/h7-10,15,21H,4-6,11-12H2,1-3H3,(H,20,24)(H,22,23)/t15-/m0/s1. The first-order valence-corrected chi connectivity index (χ1v) is 8.35. The topological polar surface area (TPSA) is 87.7 Å². The SMILES string of the molecule is CC(C)(C)OC(=O)NCCCC[C@H](NCc1ccc(F)cc1)C(=O)O. The molecule has 0 radical (unpaired) electrons. The number of rotatable bonds is 9. The lowest BCUT2D eigenvalue weighted by Crippen LogP contribution is -2.36. The van der Waals surface area contributed by atoms with E-state index in [9.17, 15) is 19.1 Å². The Bertz CT molecular complexity index is 555. The van der Waals surface area contributed by atoms with Gasteiger partial charge in [-0.2, -0.15) is 0 Å². The molecule has 140 valence electrons. The van der Waals surface area contributed by atoms with Crippen molar-refractivity contribution >= 4 is 12.1 Å². The molecular weight excluding hydrogens is 327 g/mol. The van der Waals surface area contributed by atoms with Crippen molar-refractivity contribution < 1.29 is 23.8 Å². The maximum atomic E-state index is 12.8. The Morgan fingerprint density at radius 3 is 2.40 bits per heavy atom. The van der Waals surface area contributed by atoms with E-state index in [1.165, 1.54) is 12.1 Å². The summed E-state index contributed by atoms with van der Waals surface area (Å²) in [4.78, 5) is 22.8. The molecule has 0 aliphatic rings. The lowest BCUT2D eigenvalue weighted by Gasteiger charge is -2.19. The third-order valence-corrected chi connectivity index (χ3v) is 3.35. The van der Waals surface area contributed by atoms with Crippen LogP contribution in [-0.4, -0.2) is 35.4 Å². The summed E-state index contributed by atoms with van der Waals surface area (Å²) < 4.78 is 18.0. The van der Waals surface area contributed by atoms with Crippen molar-refractivity contribution in [2.75, 3.05) is 6.54 Å². The van der Waals surface area contributed by atoms with E-state index in [1.54, 1.807) is 32.9 Å². The summed E-state index contributed by atoms with van der Waals surface area (Å²) in [6.45, 7) is 6.15. The van der Waals surface area contributed by atoms with Crippen LogP contribution < -0.4 is 10.6 Å². The van der Waals surface area contributed by atoms with Crippen LogP contribution in [0.25, 0.3) is 0 Å². The number of benzene rings is 1. The molecule has 3 N–H and O–H groups in total. The van der Waals surface area contributed by atoms with Crippen molar-refractivity contribution in [1.82, 2.24) is 10.6 Å². The molecule has 0 unspecified atom stereocenters. The number of unbranched alkanes of at least 4 members (excludes halogenated alkanes) is 1.